The maximum atomic E-state index is 14.8. The fraction of sp³-hybridized carbons (Fsp3) is 0.457. The molecular weight excluding hydrogens is 1680 g/mol. The van der Waals surface area contributed by atoms with Crippen LogP contribution in [0.2, 0.25) is 0 Å². The summed E-state index contributed by atoms with van der Waals surface area (Å²) in [5.41, 5.74) is 8.61. The highest BCUT2D eigenvalue weighted by Gasteiger charge is 2.59. The van der Waals surface area contributed by atoms with Crippen molar-refractivity contribution < 1.29 is 55.7 Å². The molecule has 0 spiro atoms. The SMILES string of the molecule is C=CC(=O)NC1CN(c2nc(Nc3cn(C)nc3OC)c3ncc(C(C)C)n3n2)CC1F.C=CC(=O)NC1CN(c2nc(Nc3cn(C)nc3OC)c3ncc(C45CC(C4)C5)n3n2)CC1F.C=CC(=O)NC1CN(c2nc(Nc3cn(C)nc3OC)c3ncc(C4CC4)n3n2)CC1F.C=CC(=O)NC1CN(c2nc(Nc3cn(C)nc3OC)c3ncc(CC)n3n2)CC1F. The Hall–Kier alpha value is -14.8. The van der Waals surface area contributed by atoms with Crippen molar-refractivity contribution in [3.63, 3.8) is 0 Å². The van der Waals surface area contributed by atoms with E-state index in [2.05, 4.69) is 139 Å². The van der Waals surface area contributed by atoms with Gasteiger partial charge in [-0.05, 0) is 74.7 Å². The van der Waals surface area contributed by atoms with E-state index in [0.29, 0.717) is 128 Å². The number of fused-ring (bicyclic) bond motifs is 4. The average molecular weight is 1780 g/mol. The molecule has 8 N–H and O–H groups in total. The number of hydrogen-bond acceptors (Lipinski definition) is 32. The molecule has 2 bridgehead atoms. The molecule has 4 saturated carbocycles. The number of nitrogens with one attached hydrogen (secondary N) is 8. The van der Waals surface area contributed by atoms with E-state index in [9.17, 15) is 36.7 Å². The Morgan fingerprint density at radius 1 is 0.434 bits per heavy atom. The Labute approximate surface area is 735 Å². The molecule has 8 aliphatic rings. The number of aromatic nitrogens is 24. The molecule has 0 aromatic carbocycles. The van der Waals surface area contributed by atoms with E-state index in [1.807, 2.05) is 37.7 Å². The number of alkyl halides is 4. The third kappa shape index (κ3) is 18.0. The Balaban J connectivity index is 0.000000126. The summed E-state index contributed by atoms with van der Waals surface area (Å²) < 4.78 is 93.4. The number of ether oxygens (including phenoxy) is 4. The fourth-order valence-corrected chi connectivity index (χ4v) is 16.4. The standard InChI is InChI=1S/C22H26FN9O2.C20H24FN9O2.C20H26FN9O2.C19H24FN9O2/c1-4-17(33)25-14-11-31(9-13(14)23)21-27-18(26-15-10-30(2)28-20(15)34-3)19-24-8-16(32(19)29-21)22-5-12(6-22)7-22;1-4-16(31)23-13-10-29(8-12(13)21)20-25-17(24-14-9-28(2)26-19(14)32-3)18-22-7-15(11-5-6-11)30(18)27-20;1-6-16(31)23-13-10-29(8-12(13)21)20-25-17(24-14-9-28(4)26-19(14)32-5)18-22-7-15(11(2)3)30(18)27-20;1-5-11-7-21-17-16(23-14-9-27(3)25-18(14)31-4)24-19(26-29(11)17)28-8-12(20)13(10-28)22-15(30)6-2/h4,8,10,12-14H,1,5-7,9,11H2,2-3H3,(H,25,33)(H,26,27,29);4,7,9,11-13H,1,5-6,8,10H2,2-3H3,(H,23,31)(H,24,25,27);6-7,9,11-13H,1,8,10H2,2-5H3,(H,23,31)(H,24,25,27);6-7,9,12-13H,2,5,8,10H2,1,3-4H3,(H,22,30)(H,23,24,26). The lowest BCUT2D eigenvalue weighted by atomic mass is 9.43. The van der Waals surface area contributed by atoms with Gasteiger partial charge in [0, 0.05) is 65.7 Å². The number of carbonyl (C=O) groups is 4. The molecule has 48 heteroatoms. The van der Waals surface area contributed by atoms with Gasteiger partial charge in [-0.2, -0.15) is 19.9 Å². The van der Waals surface area contributed by atoms with Gasteiger partial charge in [-0.1, -0.05) is 47.1 Å². The van der Waals surface area contributed by atoms with Gasteiger partial charge in [0.2, 0.25) is 47.4 Å². The minimum Gasteiger partial charge on any atom is -0.478 e. The van der Waals surface area contributed by atoms with Crippen molar-refractivity contribution in [3.8, 4) is 23.5 Å². The molecule has 12 aromatic heterocycles. The first-order valence-corrected chi connectivity index (χ1v) is 41.8. The highest BCUT2D eigenvalue weighted by atomic mass is 19.1. The zero-order valence-electron chi connectivity index (χ0n) is 72.8. The van der Waals surface area contributed by atoms with Crippen LogP contribution in [0, 0.1) is 5.92 Å². The number of aryl methyl sites for hydroxylation is 5. The molecule has 129 heavy (non-hydrogen) atoms. The first-order valence-electron chi connectivity index (χ1n) is 41.8. The van der Waals surface area contributed by atoms with Crippen LogP contribution in [0.3, 0.4) is 0 Å². The number of anilines is 12. The Bertz CT molecular complexity index is 6050. The summed E-state index contributed by atoms with van der Waals surface area (Å²) in [7, 11) is 13.3. The third-order valence-corrected chi connectivity index (χ3v) is 23.2. The van der Waals surface area contributed by atoms with Gasteiger partial charge in [-0.25, -0.2) is 55.6 Å². The Morgan fingerprint density at radius 2 is 0.744 bits per heavy atom. The largest absolute Gasteiger partial charge is 0.478 e. The van der Waals surface area contributed by atoms with Gasteiger partial charge in [0.05, 0.1) is 151 Å². The van der Waals surface area contributed by atoms with E-state index in [-0.39, 0.29) is 63.7 Å². The molecular formula is C81H100F4N36O8. The first-order chi connectivity index (χ1) is 62.1. The molecule has 4 aliphatic heterocycles. The summed E-state index contributed by atoms with van der Waals surface area (Å²) in [6.07, 6.45) is 20.1. The number of methoxy groups -OCH3 is 4. The summed E-state index contributed by atoms with van der Waals surface area (Å²) in [6.45, 7) is 21.0. The molecule has 12 aromatic rings. The summed E-state index contributed by atoms with van der Waals surface area (Å²) >= 11 is 0. The van der Waals surface area contributed by atoms with E-state index in [1.54, 1.807) is 131 Å². The van der Waals surface area contributed by atoms with E-state index >= 15 is 0 Å². The molecule has 8 unspecified atom stereocenters. The van der Waals surface area contributed by atoms with Crippen LogP contribution in [0.1, 0.15) is 87.5 Å². The summed E-state index contributed by atoms with van der Waals surface area (Å²) in [4.78, 5) is 90.2. The number of halogens is 4. The summed E-state index contributed by atoms with van der Waals surface area (Å²) in [5, 5.41) is 59.2. The molecule has 0 radical (unpaired) electrons. The van der Waals surface area contributed by atoms with Crippen LogP contribution < -0.4 is 81.1 Å². The van der Waals surface area contributed by atoms with E-state index in [4.69, 9.17) is 29.0 Å². The quantitative estimate of drug-likeness (QED) is 0.0226. The number of hydrogen-bond donors (Lipinski definition) is 8. The highest BCUT2D eigenvalue weighted by molar-refractivity contribution is 5.89. The van der Waals surface area contributed by atoms with Gasteiger partial charge in [0.15, 0.2) is 45.9 Å². The number of carbonyl (C=O) groups excluding carboxylic acids is 4. The van der Waals surface area contributed by atoms with Crippen molar-refractivity contribution in [1.29, 1.82) is 0 Å². The molecule has 680 valence electrons. The normalized spacial score (nSPS) is 21.3. The second-order valence-corrected chi connectivity index (χ2v) is 32.6. The van der Waals surface area contributed by atoms with Crippen molar-refractivity contribution in [1.82, 2.24) is 139 Å². The lowest BCUT2D eigenvalue weighted by molar-refractivity contribution is -0.118. The van der Waals surface area contributed by atoms with E-state index in [1.165, 1.54) is 14.2 Å². The summed E-state index contributed by atoms with van der Waals surface area (Å²) in [5.74, 6) is 4.50. The first kappa shape index (κ1) is 87.7. The lowest BCUT2D eigenvalue weighted by Crippen LogP contribution is -2.55. The van der Waals surface area contributed by atoms with Crippen LogP contribution >= 0.6 is 0 Å². The van der Waals surface area contributed by atoms with Crippen molar-refractivity contribution in [2.45, 2.75) is 125 Å². The Kier molecular flexibility index (Phi) is 24.7. The van der Waals surface area contributed by atoms with Crippen LogP contribution in [-0.4, -0.2) is 271 Å². The molecule has 8 fully saturated rings. The predicted molar refractivity (Wildman–Crippen MR) is 467 cm³/mol. The monoisotopic (exact) mass is 1780 g/mol. The van der Waals surface area contributed by atoms with Crippen LogP contribution in [0.5, 0.6) is 23.5 Å². The van der Waals surface area contributed by atoms with Crippen LogP contribution in [0.4, 0.5) is 87.4 Å². The fourth-order valence-electron chi connectivity index (χ4n) is 16.4. The van der Waals surface area contributed by atoms with Gasteiger partial charge in [0.1, 0.15) is 47.4 Å². The number of amides is 4. The summed E-state index contributed by atoms with van der Waals surface area (Å²) in [6, 6.07) is -2.69. The average Bonchev–Trinajstić information content (AvgIpc) is 1.68. The smallest absolute Gasteiger partial charge is 0.256 e. The zero-order valence-corrected chi connectivity index (χ0v) is 72.8. The Morgan fingerprint density at radius 3 is 1.07 bits per heavy atom. The molecule has 8 atom stereocenters. The maximum absolute atomic E-state index is 14.8. The second kappa shape index (κ2) is 36.3. The number of nitrogens with zero attached hydrogens (tertiary/aromatic N) is 28. The minimum atomic E-state index is -1.26. The predicted octanol–water partition coefficient (Wildman–Crippen LogP) is 5.37. The van der Waals surface area contributed by atoms with Crippen molar-refractivity contribution >= 4 is 116 Å². The van der Waals surface area contributed by atoms with Crippen LogP contribution in [0.25, 0.3) is 22.6 Å². The van der Waals surface area contributed by atoms with Gasteiger partial charge < -0.3 is 81.1 Å². The molecule has 44 nitrogen and oxygen atoms in total. The zero-order chi connectivity index (χ0) is 91.1. The van der Waals surface area contributed by atoms with Crippen LogP contribution in [-0.2, 0) is 59.2 Å². The van der Waals surface area contributed by atoms with Crippen molar-refractivity contribution in [2.75, 3.05) is 122 Å². The third-order valence-electron chi connectivity index (χ3n) is 23.2. The molecule has 20 rings (SSSR count). The van der Waals surface area contributed by atoms with Crippen molar-refractivity contribution in [3.05, 3.63) is 123 Å². The number of imidazole rings is 4. The molecule has 16 heterocycles. The number of rotatable bonds is 28. The van der Waals surface area contributed by atoms with Crippen LogP contribution in [0.15, 0.2) is 100 Å². The molecule has 4 saturated heterocycles. The molecule has 4 amide bonds. The molecule has 4 aliphatic carbocycles. The maximum Gasteiger partial charge on any atom is 0.256 e. The lowest BCUT2D eigenvalue weighted by Gasteiger charge is -2.61. The van der Waals surface area contributed by atoms with Gasteiger partial charge in [-0.3, -0.25) is 37.9 Å². The van der Waals surface area contributed by atoms with Gasteiger partial charge >= 0.3 is 0 Å². The highest BCUT2D eigenvalue weighted by Crippen LogP contribution is 2.65. The minimum absolute atomic E-state index is 0.0506. The van der Waals surface area contributed by atoms with E-state index in [0.717, 1.165) is 85.1 Å². The second-order valence-electron chi connectivity index (χ2n) is 32.6. The van der Waals surface area contributed by atoms with Crippen molar-refractivity contribution in [2.24, 2.45) is 34.1 Å². The van der Waals surface area contributed by atoms with Gasteiger partial charge in [-0.15, -0.1) is 40.8 Å². The van der Waals surface area contributed by atoms with E-state index < -0.39 is 72.5 Å². The topological polar surface area (TPSA) is 458 Å². The van der Waals surface area contributed by atoms with Gasteiger partial charge in [0.25, 0.3) is 23.5 Å².